The Balaban J connectivity index is 0.00000108. The van der Waals surface area contributed by atoms with E-state index in [-0.39, 0.29) is 30.5 Å². The molecule has 0 aromatic carbocycles. The number of ether oxygens (including phenoxy) is 2. The minimum absolute atomic E-state index is 0. The van der Waals surface area contributed by atoms with Gasteiger partial charge in [0.2, 0.25) is 0 Å². The summed E-state index contributed by atoms with van der Waals surface area (Å²) in [7, 11) is 0. The van der Waals surface area contributed by atoms with Gasteiger partial charge in [0, 0.05) is 6.20 Å². The van der Waals surface area contributed by atoms with Crippen LogP contribution in [0.2, 0.25) is 0 Å². The number of nitrogens with one attached hydrogen (secondary N) is 1. The smallest absolute Gasteiger partial charge is 0.301 e. The van der Waals surface area contributed by atoms with E-state index in [0.717, 1.165) is 0 Å². The van der Waals surface area contributed by atoms with Crippen molar-refractivity contribution in [3.8, 4) is 6.01 Å². The lowest BCUT2D eigenvalue weighted by atomic mass is 10.1. The number of nitrogens with zero attached hydrogens (tertiary/aromatic N) is 2. The first-order chi connectivity index (χ1) is 7.70. The lowest BCUT2D eigenvalue weighted by Gasteiger charge is -2.14. The van der Waals surface area contributed by atoms with Crippen LogP contribution in [-0.4, -0.2) is 44.7 Å². The quantitative estimate of drug-likeness (QED) is 0.589. The maximum Gasteiger partial charge on any atom is 0.301 e. The first-order valence-electron chi connectivity index (χ1n) is 4.95. The number of fused-ring (bicyclic) bond motifs is 3. The van der Waals surface area contributed by atoms with E-state index in [2.05, 4.69) is 4.98 Å². The Morgan fingerprint density at radius 2 is 2.29 bits per heavy atom. The van der Waals surface area contributed by atoms with Gasteiger partial charge in [-0.1, -0.05) is 0 Å². The molecule has 2 aliphatic rings. The Morgan fingerprint density at radius 3 is 3.00 bits per heavy atom. The van der Waals surface area contributed by atoms with Crippen molar-refractivity contribution in [2.24, 2.45) is 0 Å². The minimum Gasteiger partial charge on any atom is -0.454 e. The van der Waals surface area contributed by atoms with Crippen LogP contribution in [0.4, 0.5) is 0 Å². The summed E-state index contributed by atoms with van der Waals surface area (Å²) in [5.41, 5.74) is 0.0967. The molecule has 3 rings (SSSR count). The van der Waals surface area contributed by atoms with Crippen molar-refractivity contribution in [3.05, 3.63) is 17.8 Å². The summed E-state index contributed by atoms with van der Waals surface area (Å²) < 4.78 is 12.5. The lowest BCUT2D eigenvalue weighted by Crippen LogP contribution is -2.34. The molecule has 4 unspecified atom stereocenters. The molecule has 1 aromatic heterocycles. The molecule has 0 saturated carbocycles. The van der Waals surface area contributed by atoms with E-state index >= 15 is 0 Å². The minimum atomic E-state index is -0.883. The van der Waals surface area contributed by atoms with E-state index in [1.165, 1.54) is 6.07 Å². The van der Waals surface area contributed by atoms with Gasteiger partial charge in [0.1, 0.15) is 12.2 Å². The fourth-order valence-electron chi connectivity index (χ4n) is 2.04. The zero-order valence-electron chi connectivity index (χ0n) is 8.68. The van der Waals surface area contributed by atoms with Gasteiger partial charge in [-0.25, -0.2) is 0 Å². The molecule has 94 valence electrons. The van der Waals surface area contributed by atoms with Gasteiger partial charge in [-0.2, -0.15) is 4.98 Å². The van der Waals surface area contributed by atoms with Gasteiger partial charge in [-0.3, -0.25) is 9.98 Å². The van der Waals surface area contributed by atoms with Crippen LogP contribution in [0.1, 0.15) is 6.23 Å². The fraction of sp³-hybridized carbons (Fsp3) is 0.556. The Bertz CT molecular complexity index is 480. The molecule has 0 radical (unpaired) electrons. The van der Waals surface area contributed by atoms with Gasteiger partial charge in [-0.05, 0) is 6.07 Å². The molecule has 1 aromatic rings. The third-order valence-corrected chi connectivity index (χ3v) is 2.84. The molecule has 1 saturated heterocycles. The predicted molar refractivity (Wildman–Crippen MR) is 56.7 cm³/mol. The van der Waals surface area contributed by atoms with E-state index in [0.29, 0.717) is 0 Å². The summed E-state index contributed by atoms with van der Waals surface area (Å²) in [5.74, 6) is 0. The average Bonchev–Trinajstić information content (AvgIpc) is 2.75. The van der Waals surface area contributed by atoms with Crippen LogP contribution in [0.3, 0.4) is 0 Å². The second-order valence-corrected chi connectivity index (χ2v) is 3.82. The standard InChI is InChI=1S/C9H11N3O4.ClH/c10-5-1-2-12-8-7(16-9(12)11-5)6(14)4(3-13)15-8;/h1-2,4,6-8,10,13-14H,3H2;1H. The van der Waals surface area contributed by atoms with E-state index in [9.17, 15) is 5.11 Å². The van der Waals surface area contributed by atoms with Gasteiger partial charge < -0.3 is 19.7 Å². The van der Waals surface area contributed by atoms with Crippen molar-refractivity contribution in [3.63, 3.8) is 0 Å². The number of aliphatic hydroxyl groups excluding tert-OH is 2. The van der Waals surface area contributed by atoms with Crippen LogP contribution >= 0.6 is 12.4 Å². The van der Waals surface area contributed by atoms with Crippen LogP contribution in [0, 0.1) is 5.41 Å². The normalized spacial score (nSPS) is 33.5. The molecule has 0 amide bonds. The Morgan fingerprint density at radius 1 is 1.53 bits per heavy atom. The van der Waals surface area contributed by atoms with Gasteiger partial charge in [0.15, 0.2) is 17.8 Å². The van der Waals surface area contributed by atoms with Crippen molar-refractivity contribution >= 4 is 12.4 Å². The van der Waals surface area contributed by atoms with Crippen molar-refractivity contribution in [2.45, 2.75) is 24.5 Å². The summed E-state index contributed by atoms with van der Waals surface area (Å²) in [6.07, 6.45) is -0.930. The lowest BCUT2D eigenvalue weighted by molar-refractivity contribution is -0.0434. The monoisotopic (exact) mass is 261 g/mol. The van der Waals surface area contributed by atoms with Gasteiger partial charge in [-0.15, -0.1) is 12.4 Å². The Kier molecular flexibility index (Phi) is 3.09. The molecule has 3 N–H and O–H groups in total. The number of hydrogen-bond donors (Lipinski definition) is 3. The highest BCUT2D eigenvalue weighted by Gasteiger charge is 2.50. The predicted octanol–water partition coefficient (Wildman–Crippen LogP) is -1.20. The van der Waals surface area contributed by atoms with Crippen LogP contribution < -0.4 is 10.2 Å². The summed E-state index contributed by atoms with van der Waals surface area (Å²) in [6, 6.07) is 1.77. The highest BCUT2D eigenvalue weighted by molar-refractivity contribution is 5.85. The van der Waals surface area contributed by atoms with E-state index in [1.807, 2.05) is 0 Å². The van der Waals surface area contributed by atoms with E-state index in [1.54, 1.807) is 10.8 Å². The number of aromatic nitrogens is 2. The van der Waals surface area contributed by atoms with Gasteiger partial charge in [0.05, 0.1) is 6.61 Å². The third kappa shape index (κ3) is 1.71. The number of rotatable bonds is 1. The zero-order chi connectivity index (χ0) is 11.3. The molecule has 0 aliphatic carbocycles. The van der Waals surface area contributed by atoms with Crippen molar-refractivity contribution in [1.82, 2.24) is 9.55 Å². The molecule has 0 spiro atoms. The maximum atomic E-state index is 9.80. The van der Waals surface area contributed by atoms with Crippen molar-refractivity contribution in [1.29, 1.82) is 5.41 Å². The molecule has 3 heterocycles. The van der Waals surface area contributed by atoms with Crippen molar-refractivity contribution < 1.29 is 19.7 Å². The summed E-state index contributed by atoms with van der Waals surface area (Å²) in [4.78, 5) is 3.88. The average molecular weight is 262 g/mol. The maximum absolute atomic E-state index is 9.80. The largest absolute Gasteiger partial charge is 0.454 e. The summed E-state index contributed by atoms with van der Waals surface area (Å²) in [6.45, 7) is -0.253. The molecule has 0 bridgehead atoms. The molecular formula is C9H12ClN3O4. The molecule has 7 nitrogen and oxygen atoms in total. The number of aliphatic hydroxyl groups is 2. The second-order valence-electron chi connectivity index (χ2n) is 3.82. The molecular weight excluding hydrogens is 250 g/mol. The third-order valence-electron chi connectivity index (χ3n) is 2.84. The van der Waals surface area contributed by atoms with Crippen molar-refractivity contribution in [2.75, 3.05) is 6.61 Å². The van der Waals surface area contributed by atoms with Crippen LogP contribution in [0.15, 0.2) is 12.3 Å². The molecule has 4 atom stereocenters. The fourth-order valence-corrected chi connectivity index (χ4v) is 2.04. The molecule has 2 aliphatic heterocycles. The highest BCUT2D eigenvalue weighted by atomic mass is 35.5. The highest BCUT2D eigenvalue weighted by Crippen LogP contribution is 2.38. The number of halogens is 1. The van der Waals surface area contributed by atoms with Crippen LogP contribution in [0.25, 0.3) is 0 Å². The second kappa shape index (κ2) is 4.26. The van der Waals surface area contributed by atoms with Gasteiger partial charge in [0.25, 0.3) is 0 Å². The molecule has 17 heavy (non-hydrogen) atoms. The first kappa shape index (κ1) is 12.3. The Hall–Kier alpha value is -1.15. The SMILES string of the molecule is Cl.N=c1ccn2c(n1)OC1C(O)C(CO)OC12. The summed E-state index contributed by atoms with van der Waals surface area (Å²) >= 11 is 0. The van der Waals surface area contributed by atoms with E-state index < -0.39 is 24.5 Å². The summed E-state index contributed by atoms with van der Waals surface area (Å²) in [5, 5.41) is 26.1. The first-order valence-corrected chi connectivity index (χ1v) is 4.95. The number of hydrogen-bond acceptors (Lipinski definition) is 6. The van der Waals surface area contributed by atoms with Crippen LogP contribution in [-0.2, 0) is 4.74 Å². The van der Waals surface area contributed by atoms with Crippen LogP contribution in [0.5, 0.6) is 6.01 Å². The zero-order valence-corrected chi connectivity index (χ0v) is 9.50. The van der Waals surface area contributed by atoms with E-state index in [4.69, 9.17) is 20.0 Å². The molecule has 8 heteroatoms. The Labute approximate surface area is 103 Å². The van der Waals surface area contributed by atoms with Gasteiger partial charge >= 0.3 is 6.01 Å². The molecule has 1 fully saturated rings. The topological polar surface area (TPSA) is 101 Å².